The van der Waals surface area contributed by atoms with Crippen molar-refractivity contribution in [1.29, 1.82) is 0 Å². The minimum atomic E-state index is 0.490. The van der Waals surface area contributed by atoms with Crippen LogP contribution in [0.1, 0.15) is 18.4 Å². The number of nitrogens with two attached hydrogens (primary N) is 1. The van der Waals surface area contributed by atoms with Crippen LogP contribution in [0.2, 0.25) is 0 Å². The lowest BCUT2D eigenvalue weighted by Gasteiger charge is -2.24. The van der Waals surface area contributed by atoms with Crippen molar-refractivity contribution in [3.8, 4) is 5.88 Å². The summed E-state index contributed by atoms with van der Waals surface area (Å²) in [4.78, 5) is 6.79. The lowest BCUT2D eigenvalue weighted by Crippen LogP contribution is -2.19. The van der Waals surface area contributed by atoms with Crippen molar-refractivity contribution < 1.29 is 4.74 Å². The number of hydrogen-bond donors (Lipinski definition) is 1. The van der Waals surface area contributed by atoms with E-state index in [9.17, 15) is 0 Å². The molecule has 1 aromatic heterocycles. The number of anilines is 3. The van der Waals surface area contributed by atoms with Gasteiger partial charge in [0, 0.05) is 12.2 Å². The fraction of sp³-hybridized carbons (Fsp3) is 0.312. The second-order valence-corrected chi connectivity index (χ2v) is 5.01. The van der Waals surface area contributed by atoms with Crippen molar-refractivity contribution in [1.82, 2.24) is 4.98 Å². The number of rotatable bonds is 2. The second-order valence-electron chi connectivity index (χ2n) is 5.01. The van der Waals surface area contributed by atoms with Crippen LogP contribution < -0.4 is 15.4 Å². The lowest BCUT2D eigenvalue weighted by molar-refractivity contribution is 0.400. The summed E-state index contributed by atoms with van der Waals surface area (Å²) in [5.74, 6) is 1.38. The first-order chi connectivity index (χ1) is 9.79. The predicted molar refractivity (Wildman–Crippen MR) is 81.6 cm³/mol. The molecule has 2 aromatic rings. The summed E-state index contributed by atoms with van der Waals surface area (Å²) in [5.41, 5.74) is 9.04. The maximum absolute atomic E-state index is 5.85. The van der Waals surface area contributed by atoms with Crippen molar-refractivity contribution >= 4 is 17.2 Å². The van der Waals surface area contributed by atoms with Gasteiger partial charge in [0.05, 0.1) is 12.8 Å². The summed E-state index contributed by atoms with van der Waals surface area (Å²) in [5, 5.41) is 0. The first-order valence-electron chi connectivity index (χ1n) is 6.95. The maximum Gasteiger partial charge on any atom is 0.238 e. The van der Waals surface area contributed by atoms with E-state index in [1.54, 1.807) is 7.11 Å². The summed E-state index contributed by atoms with van der Waals surface area (Å²) in [6, 6.07) is 12.3. The summed E-state index contributed by atoms with van der Waals surface area (Å²) < 4.78 is 5.23. The highest BCUT2D eigenvalue weighted by Crippen LogP contribution is 2.33. The van der Waals surface area contributed by atoms with E-state index in [-0.39, 0.29) is 0 Å². The van der Waals surface area contributed by atoms with Gasteiger partial charge < -0.3 is 15.4 Å². The van der Waals surface area contributed by atoms with E-state index < -0.39 is 0 Å². The third-order valence-corrected chi connectivity index (χ3v) is 3.71. The van der Waals surface area contributed by atoms with Crippen LogP contribution in [-0.4, -0.2) is 18.6 Å². The highest BCUT2D eigenvalue weighted by atomic mass is 16.5. The number of nitrogen functional groups attached to an aromatic ring is 1. The number of methoxy groups -OCH3 is 1. The van der Waals surface area contributed by atoms with Crippen LogP contribution in [0.15, 0.2) is 36.4 Å². The van der Waals surface area contributed by atoms with Crippen LogP contribution in [0, 0.1) is 0 Å². The zero-order valence-electron chi connectivity index (χ0n) is 11.7. The molecule has 1 aliphatic rings. The van der Waals surface area contributed by atoms with E-state index in [0.29, 0.717) is 11.6 Å². The molecule has 1 aromatic carbocycles. The molecule has 0 radical (unpaired) electrons. The van der Waals surface area contributed by atoms with Gasteiger partial charge in [-0.05, 0) is 43.0 Å². The quantitative estimate of drug-likeness (QED) is 0.910. The molecule has 20 heavy (non-hydrogen) atoms. The van der Waals surface area contributed by atoms with E-state index in [1.807, 2.05) is 12.1 Å². The summed E-state index contributed by atoms with van der Waals surface area (Å²) in [6.07, 6.45) is 3.49. The predicted octanol–water partition coefficient (Wildman–Crippen LogP) is 3.15. The lowest BCUT2D eigenvalue weighted by atomic mass is 10.1. The van der Waals surface area contributed by atoms with Crippen molar-refractivity contribution in [3.63, 3.8) is 0 Å². The average molecular weight is 269 g/mol. The van der Waals surface area contributed by atoms with Crippen LogP contribution in [-0.2, 0) is 6.42 Å². The van der Waals surface area contributed by atoms with Crippen molar-refractivity contribution in [2.75, 3.05) is 24.3 Å². The smallest absolute Gasteiger partial charge is 0.238 e. The Morgan fingerprint density at radius 3 is 2.85 bits per heavy atom. The Hall–Kier alpha value is -2.23. The molecule has 2 heterocycles. The molecular formula is C16H19N3O. The average Bonchev–Trinajstić information content (AvgIpc) is 2.70. The van der Waals surface area contributed by atoms with Crippen LogP contribution in [0.3, 0.4) is 0 Å². The molecule has 2 N–H and O–H groups in total. The monoisotopic (exact) mass is 269 g/mol. The standard InChI is InChI=1S/C16H19N3O/c1-20-16-13(17)9-10-15(18-16)19-11-5-4-7-12-6-2-3-8-14(12)19/h2-3,6,8-10H,4-5,7,11,17H2,1H3. The maximum atomic E-state index is 5.85. The highest BCUT2D eigenvalue weighted by molar-refractivity contribution is 5.66. The third kappa shape index (κ3) is 2.29. The van der Waals surface area contributed by atoms with Crippen LogP contribution in [0.25, 0.3) is 0 Å². The molecule has 0 bridgehead atoms. The molecule has 0 saturated heterocycles. The normalized spacial score (nSPS) is 14.6. The summed E-state index contributed by atoms with van der Waals surface area (Å²) in [7, 11) is 1.60. The van der Waals surface area contributed by atoms with Gasteiger partial charge >= 0.3 is 0 Å². The Morgan fingerprint density at radius 1 is 1.15 bits per heavy atom. The van der Waals surface area contributed by atoms with Gasteiger partial charge in [0.15, 0.2) is 0 Å². The number of benzene rings is 1. The number of nitrogens with zero attached hydrogens (tertiary/aromatic N) is 2. The first-order valence-corrected chi connectivity index (χ1v) is 6.95. The molecule has 3 rings (SSSR count). The molecule has 0 spiro atoms. The molecule has 4 heteroatoms. The fourth-order valence-corrected chi connectivity index (χ4v) is 2.68. The zero-order chi connectivity index (χ0) is 13.9. The number of ether oxygens (including phenoxy) is 1. The molecule has 0 amide bonds. The Balaban J connectivity index is 2.05. The SMILES string of the molecule is COc1nc(N2CCCCc3ccccc32)ccc1N. The van der Waals surface area contributed by atoms with E-state index >= 15 is 0 Å². The van der Waals surface area contributed by atoms with E-state index in [0.717, 1.165) is 25.2 Å². The number of hydrogen-bond acceptors (Lipinski definition) is 4. The third-order valence-electron chi connectivity index (χ3n) is 3.71. The molecule has 1 aliphatic heterocycles. The van der Waals surface area contributed by atoms with Crippen molar-refractivity contribution in [3.05, 3.63) is 42.0 Å². The molecule has 0 unspecified atom stereocenters. The van der Waals surface area contributed by atoms with E-state index in [1.165, 1.54) is 17.7 Å². The van der Waals surface area contributed by atoms with E-state index in [4.69, 9.17) is 10.5 Å². The van der Waals surface area contributed by atoms with E-state index in [2.05, 4.69) is 34.1 Å². The largest absolute Gasteiger partial charge is 0.479 e. The Kier molecular flexibility index (Phi) is 3.46. The highest BCUT2D eigenvalue weighted by Gasteiger charge is 2.18. The van der Waals surface area contributed by atoms with Gasteiger partial charge in [0.25, 0.3) is 0 Å². The number of aromatic nitrogens is 1. The number of para-hydroxylation sites is 1. The minimum absolute atomic E-state index is 0.490. The summed E-state index contributed by atoms with van der Waals surface area (Å²) in [6.45, 7) is 0.969. The van der Waals surface area contributed by atoms with Crippen molar-refractivity contribution in [2.24, 2.45) is 0 Å². The van der Waals surface area contributed by atoms with Crippen LogP contribution in [0.5, 0.6) is 5.88 Å². The topological polar surface area (TPSA) is 51.4 Å². The second kappa shape index (κ2) is 5.41. The van der Waals surface area contributed by atoms with Crippen molar-refractivity contribution in [2.45, 2.75) is 19.3 Å². The number of fused-ring (bicyclic) bond motifs is 1. The minimum Gasteiger partial charge on any atom is -0.479 e. The molecule has 104 valence electrons. The molecule has 4 nitrogen and oxygen atoms in total. The molecule has 0 saturated carbocycles. The first kappa shape index (κ1) is 12.8. The summed E-state index contributed by atoms with van der Waals surface area (Å²) >= 11 is 0. The molecule has 0 fully saturated rings. The van der Waals surface area contributed by atoms with Gasteiger partial charge in [-0.3, -0.25) is 0 Å². The van der Waals surface area contributed by atoms with Gasteiger partial charge in [-0.2, -0.15) is 4.98 Å². The molecular weight excluding hydrogens is 250 g/mol. The van der Waals surface area contributed by atoms with Gasteiger partial charge in [-0.15, -0.1) is 0 Å². The zero-order valence-corrected chi connectivity index (χ0v) is 11.7. The van der Waals surface area contributed by atoms with Gasteiger partial charge in [-0.1, -0.05) is 18.2 Å². The van der Waals surface area contributed by atoms with Gasteiger partial charge in [0.2, 0.25) is 5.88 Å². The molecule has 0 atom stereocenters. The van der Waals surface area contributed by atoms with Gasteiger partial charge in [-0.25, -0.2) is 0 Å². The Bertz CT molecular complexity index is 612. The number of pyridine rings is 1. The van der Waals surface area contributed by atoms with Crippen LogP contribution >= 0.6 is 0 Å². The fourth-order valence-electron chi connectivity index (χ4n) is 2.68. The van der Waals surface area contributed by atoms with Crippen LogP contribution in [0.4, 0.5) is 17.2 Å². The molecule has 0 aliphatic carbocycles. The number of aryl methyl sites for hydroxylation is 1. The van der Waals surface area contributed by atoms with Gasteiger partial charge in [0.1, 0.15) is 5.82 Å². The Morgan fingerprint density at radius 2 is 2.00 bits per heavy atom. The Labute approximate surface area is 119 Å².